The van der Waals surface area contributed by atoms with Gasteiger partial charge in [-0.2, -0.15) is 0 Å². The van der Waals surface area contributed by atoms with Gasteiger partial charge >= 0.3 is 0 Å². The molecule has 1 atom stereocenters. The number of likely N-dealkylation sites (N-methyl/N-ethyl adjacent to an activating group) is 1. The minimum absolute atomic E-state index is 0.167. The molecule has 28 heavy (non-hydrogen) atoms. The molecule has 0 saturated heterocycles. The highest BCUT2D eigenvalue weighted by Gasteiger charge is 2.33. The van der Waals surface area contributed by atoms with Crippen molar-refractivity contribution >= 4 is 44.2 Å². The van der Waals surface area contributed by atoms with E-state index in [1.54, 1.807) is 17.0 Å². The number of rotatable bonds is 5. The van der Waals surface area contributed by atoms with E-state index in [1.165, 1.54) is 11.3 Å². The minimum Gasteiger partial charge on any atom is -0.485 e. The second kappa shape index (κ2) is 7.95. The molecule has 0 unspecified atom stereocenters. The zero-order chi connectivity index (χ0) is 19.7. The number of para-hydroxylation sites is 3. The van der Waals surface area contributed by atoms with Crippen LogP contribution in [0.2, 0.25) is 5.02 Å². The first-order valence-electron chi connectivity index (χ1n) is 8.92. The van der Waals surface area contributed by atoms with E-state index in [4.69, 9.17) is 21.1 Å². The highest BCUT2D eigenvalue weighted by atomic mass is 35.5. The summed E-state index contributed by atoms with van der Waals surface area (Å²) in [6.07, 6.45) is -0.723. The molecule has 0 fully saturated rings. The number of ether oxygens (including phenoxy) is 2. The van der Waals surface area contributed by atoms with Crippen molar-refractivity contribution in [2.24, 2.45) is 0 Å². The lowest BCUT2D eigenvalue weighted by atomic mass is 10.2. The molecule has 3 aromatic rings. The summed E-state index contributed by atoms with van der Waals surface area (Å²) in [5, 5.41) is 1.18. The molecule has 2 heterocycles. The Morgan fingerprint density at radius 2 is 1.96 bits per heavy atom. The van der Waals surface area contributed by atoms with Gasteiger partial charge < -0.3 is 14.4 Å². The Hall–Kier alpha value is -2.35. The van der Waals surface area contributed by atoms with E-state index in [0.29, 0.717) is 40.3 Å². The molecule has 1 aliphatic heterocycles. The van der Waals surface area contributed by atoms with Gasteiger partial charge in [0, 0.05) is 13.1 Å². The van der Waals surface area contributed by atoms with Gasteiger partial charge in [0.2, 0.25) is 6.10 Å². The second-order valence-corrected chi connectivity index (χ2v) is 8.16. The topological polar surface area (TPSA) is 54.9 Å². The summed E-state index contributed by atoms with van der Waals surface area (Å²) in [7, 11) is 3.93. The molecule has 6 nitrogen and oxygen atoms in total. The summed E-state index contributed by atoms with van der Waals surface area (Å²) in [6.45, 7) is 1.35. The van der Waals surface area contributed by atoms with Crippen LogP contribution in [-0.4, -0.2) is 55.7 Å². The van der Waals surface area contributed by atoms with E-state index in [-0.39, 0.29) is 12.5 Å². The number of fused-ring (bicyclic) bond motifs is 2. The van der Waals surface area contributed by atoms with Gasteiger partial charge in [0.25, 0.3) is 5.91 Å². The second-order valence-electron chi connectivity index (χ2n) is 6.74. The highest BCUT2D eigenvalue weighted by Crippen LogP contribution is 2.35. The quantitative estimate of drug-likeness (QED) is 0.633. The average Bonchev–Trinajstić information content (AvgIpc) is 3.12. The lowest BCUT2D eigenvalue weighted by molar-refractivity contribution is -0.127. The molecule has 146 valence electrons. The number of carbonyl (C=O) groups is 1. The van der Waals surface area contributed by atoms with Gasteiger partial charge in [-0.05, 0) is 38.4 Å². The first-order valence-corrected chi connectivity index (χ1v) is 10.1. The molecular formula is C20H20ClN3O3S. The monoisotopic (exact) mass is 417 g/mol. The Kier molecular flexibility index (Phi) is 5.39. The Bertz CT molecular complexity index is 1010. The maximum absolute atomic E-state index is 13.3. The molecule has 0 spiro atoms. The largest absolute Gasteiger partial charge is 0.485 e. The Morgan fingerprint density at radius 3 is 2.71 bits per heavy atom. The molecule has 0 N–H and O–H groups in total. The summed E-state index contributed by atoms with van der Waals surface area (Å²) < 4.78 is 12.6. The van der Waals surface area contributed by atoms with E-state index in [9.17, 15) is 4.79 Å². The van der Waals surface area contributed by atoms with Gasteiger partial charge in [-0.3, -0.25) is 9.69 Å². The van der Waals surface area contributed by atoms with E-state index < -0.39 is 6.10 Å². The van der Waals surface area contributed by atoms with Crippen LogP contribution in [0.4, 0.5) is 5.13 Å². The van der Waals surface area contributed by atoms with Gasteiger partial charge in [-0.25, -0.2) is 4.98 Å². The van der Waals surface area contributed by atoms with E-state index in [1.807, 2.05) is 49.3 Å². The van der Waals surface area contributed by atoms with Crippen LogP contribution in [0, 0.1) is 0 Å². The molecule has 1 aliphatic rings. The molecular weight excluding hydrogens is 398 g/mol. The molecule has 8 heteroatoms. The van der Waals surface area contributed by atoms with Crippen molar-refractivity contribution in [2.75, 3.05) is 38.7 Å². The summed E-state index contributed by atoms with van der Waals surface area (Å²) in [5.41, 5.74) is 0.706. The molecule has 4 rings (SSSR count). The Labute approximate surface area is 172 Å². The minimum atomic E-state index is -0.723. The highest BCUT2D eigenvalue weighted by molar-refractivity contribution is 7.22. The fraction of sp³-hybridized carbons (Fsp3) is 0.300. The van der Waals surface area contributed by atoms with Gasteiger partial charge in [-0.15, -0.1) is 0 Å². The van der Waals surface area contributed by atoms with Gasteiger partial charge in [0.1, 0.15) is 12.1 Å². The number of halogens is 1. The van der Waals surface area contributed by atoms with Crippen LogP contribution < -0.4 is 14.4 Å². The fourth-order valence-electron chi connectivity index (χ4n) is 2.93. The van der Waals surface area contributed by atoms with Crippen molar-refractivity contribution in [2.45, 2.75) is 6.10 Å². The molecule has 2 aromatic carbocycles. The van der Waals surface area contributed by atoms with Crippen LogP contribution >= 0.6 is 22.9 Å². The van der Waals surface area contributed by atoms with Crippen LogP contribution in [0.25, 0.3) is 10.2 Å². The van der Waals surface area contributed by atoms with Crippen molar-refractivity contribution in [1.29, 1.82) is 0 Å². The van der Waals surface area contributed by atoms with Gasteiger partial charge in [0.15, 0.2) is 16.6 Å². The number of anilines is 1. The molecule has 0 saturated carbocycles. The van der Waals surface area contributed by atoms with E-state index >= 15 is 0 Å². The first-order chi connectivity index (χ1) is 13.5. The Balaban J connectivity index is 1.63. The molecule has 0 radical (unpaired) electrons. The zero-order valence-corrected chi connectivity index (χ0v) is 17.2. The van der Waals surface area contributed by atoms with E-state index in [0.717, 1.165) is 4.70 Å². The van der Waals surface area contributed by atoms with Gasteiger partial charge in [0.05, 0.1) is 9.72 Å². The van der Waals surface area contributed by atoms with Crippen molar-refractivity contribution in [3.8, 4) is 11.5 Å². The standard InChI is InChI=1S/C20H20ClN3O3S/c1-23(2)10-11-24(20-22-18-13(21)6-5-9-17(18)28-20)19(25)16-12-26-14-7-3-4-8-15(14)27-16/h3-9,16H,10-12H2,1-2H3/t16-/m1/s1. The number of amides is 1. The predicted octanol–water partition coefficient (Wildman–Crippen LogP) is 3.68. The number of nitrogens with zero attached hydrogens (tertiary/aromatic N) is 3. The van der Waals surface area contributed by atoms with Crippen LogP contribution in [0.15, 0.2) is 42.5 Å². The number of benzene rings is 2. The lowest BCUT2D eigenvalue weighted by Crippen LogP contribution is -2.48. The molecule has 1 amide bonds. The smallest absolute Gasteiger partial charge is 0.273 e. The Morgan fingerprint density at radius 1 is 1.18 bits per heavy atom. The van der Waals surface area contributed by atoms with Crippen LogP contribution in [0.1, 0.15) is 0 Å². The number of thiazole rings is 1. The summed E-state index contributed by atoms with van der Waals surface area (Å²) >= 11 is 7.72. The third-order valence-electron chi connectivity index (χ3n) is 4.41. The number of aromatic nitrogens is 1. The normalized spacial score (nSPS) is 15.8. The maximum atomic E-state index is 13.3. The first kappa shape index (κ1) is 19.0. The van der Waals surface area contributed by atoms with Crippen molar-refractivity contribution in [3.63, 3.8) is 0 Å². The van der Waals surface area contributed by atoms with Crippen molar-refractivity contribution in [3.05, 3.63) is 47.5 Å². The van der Waals surface area contributed by atoms with Crippen LogP contribution in [-0.2, 0) is 4.79 Å². The fourth-order valence-corrected chi connectivity index (χ4v) is 4.23. The molecule has 1 aromatic heterocycles. The number of hydrogen-bond donors (Lipinski definition) is 0. The average molecular weight is 418 g/mol. The van der Waals surface area contributed by atoms with E-state index in [2.05, 4.69) is 4.98 Å². The lowest BCUT2D eigenvalue weighted by Gasteiger charge is -2.30. The van der Waals surface area contributed by atoms with Crippen LogP contribution in [0.5, 0.6) is 11.5 Å². The third kappa shape index (κ3) is 3.78. The zero-order valence-electron chi connectivity index (χ0n) is 15.6. The summed E-state index contributed by atoms with van der Waals surface area (Å²) in [5.74, 6) is 1.05. The van der Waals surface area contributed by atoms with Crippen molar-refractivity contribution in [1.82, 2.24) is 9.88 Å². The molecule has 0 aliphatic carbocycles. The SMILES string of the molecule is CN(C)CCN(C(=O)[C@H]1COc2ccccc2O1)c1nc2c(Cl)cccc2s1. The number of hydrogen-bond acceptors (Lipinski definition) is 6. The maximum Gasteiger partial charge on any atom is 0.273 e. The summed E-state index contributed by atoms with van der Waals surface area (Å²) in [6, 6.07) is 13.0. The number of carbonyl (C=O) groups excluding carboxylic acids is 1. The summed E-state index contributed by atoms with van der Waals surface area (Å²) in [4.78, 5) is 21.6. The molecule has 0 bridgehead atoms. The van der Waals surface area contributed by atoms with Crippen LogP contribution in [0.3, 0.4) is 0 Å². The van der Waals surface area contributed by atoms with Crippen molar-refractivity contribution < 1.29 is 14.3 Å². The van der Waals surface area contributed by atoms with Gasteiger partial charge in [-0.1, -0.05) is 41.1 Å². The predicted molar refractivity (Wildman–Crippen MR) is 112 cm³/mol. The third-order valence-corrected chi connectivity index (χ3v) is 5.76.